The molecule has 0 aliphatic heterocycles. The van der Waals surface area contributed by atoms with Crippen LogP contribution >= 0.6 is 0 Å². The third-order valence-electron chi connectivity index (χ3n) is 8.67. The van der Waals surface area contributed by atoms with E-state index in [4.69, 9.17) is 4.98 Å². The fraction of sp³-hybridized carbons (Fsp3) is 0.364. The summed E-state index contributed by atoms with van der Waals surface area (Å²) in [4.78, 5) is 23.6. The average molecular weight is 523 g/mol. The van der Waals surface area contributed by atoms with Gasteiger partial charge in [0, 0.05) is 17.7 Å². The minimum absolute atomic E-state index is 0.189. The quantitative estimate of drug-likeness (QED) is 0.264. The van der Waals surface area contributed by atoms with Gasteiger partial charge in [0.15, 0.2) is 0 Å². The highest BCUT2D eigenvalue weighted by Gasteiger charge is 2.42. The van der Waals surface area contributed by atoms with Crippen LogP contribution in [-0.4, -0.2) is 21.9 Å². The van der Waals surface area contributed by atoms with Crippen molar-refractivity contribution in [2.75, 3.05) is 5.32 Å². The van der Waals surface area contributed by atoms with Crippen LogP contribution in [0.3, 0.4) is 0 Å². The van der Waals surface area contributed by atoms with Crippen molar-refractivity contribution in [1.29, 1.82) is 0 Å². The topological polar surface area (TPSA) is 66.9 Å². The van der Waals surface area contributed by atoms with E-state index in [1.165, 1.54) is 25.0 Å². The number of carbonyl (C=O) groups is 1. The molecular formula is C33H35FN4O. The predicted molar refractivity (Wildman–Crippen MR) is 153 cm³/mol. The van der Waals surface area contributed by atoms with E-state index >= 15 is 0 Å². The highest BCUT2D eigenvalue weighted by atomic mass is 19.1. The summed E-state index contributed by atoms with van der Waals surface area (Å²) in [5, 5.41) is 9.03. The van der Waals surface area contributed by atoms with Gasteiger partial charge in [0.1, 0.15) is 5.82 Å². The number of nitrogens with one attached hydrogen (secondary N) is 2. The molecule has 1 atom stereocenters. The number of amides is 1. The Hall–Kier alpha value is -3.80. The summed E-state index contributed by atoms with van der Waals surface area (Å²) in [5.74, 6) is 0.121. The van der Waals surface area contributed by atoms with Crippen LogP contribution in [0.4, 0.5) is 10.3 Å². The normalized spacial score (nSPS) is 17.8. The highest BCUT2D eigenvalue weighted by molar-refractivity contribution is 5.96. The summed E-state index contributed by atoms with van der Waals surface area (Å²) in [6.07, 6.45) is 10.1. The van der Waals surface area contributed by atoms with Gasteiger partial charge in [-0.1, -0.05) is 80.3 Å². The van der Waals surface area contributed by atoms with Crippen molar-refractivity contribution in [2.45, 2.75) is 75.8 Å². The molecule has 2 saturated carbocycles. The van der Waals surface area contributed by atoms with Crippen molar-refractivity contribution in [2.24, 2.45) is 0 Å². The first-order valence-corrected chi connectivity index (χ1v) is 14.2. The molecule has 5 nitrogen and oxygen atoms in total. The number of nitrogens with zero attached hydrogens (tertiary/aromatic N) is 2. The number of fused-ring (bicyclic) bond motifs is 1. The molecule has 3 aromatic carbocycles. The van der Waals surface area contributed by atoms with Gasteiger partial charge in [0.05, 0.1) is 17.3 Å². The van der Waals surface area contributed by atoms with Crippen LogP contribution < -0.4 is 10.6 Å². The molecule has 1 unspecified atom stereocenters. The Morgan fingerprint density at radius 1 is 0.949 bits per heavy atom. The van der Waals surface area contributed by atoms with Gasteiger partial charge < -0.3 is 10.6 Å². The summed E-state index contributed by atoms with van der Waals surface area (Å²) >= 11 is 0. The Morgan fingerprint density at radius 2 is 1.67 bits per heavy atom. The molecule has 0 bridgehead atoms. The number of hydrogen-bond acceptors (Lipinski definition) is 4. The number of carbonyl (C=O) groups excluding carboxylic acids is 1. The van der Waals surface area contributed by atoms with Crippen LogP contribution in [0.25, 0.3) is 10.8 Å². The third kappa shape index (κ3) is 5.00. The van der Waals surface area contributed by atoms with Crippen LogP contribution in [0.5, 0.6) is 0 Å². The second-order valence-corrected chi connectivity index (χ2v) is 11.1. The number of hydrogen-bond donors (Lipinski definition) is 2. The highest BCUT2D eigenvalue weighted by Crippen LogP contribution is 2.47. The van der Waals surface area contributed by atoms with Crippen LogP contribution in [0, 0.1) is 5.82 Å². The lowest BCUT2D eigenvalue weighted by Crippen LogP contribution is -2.34. The first kappa shape index (κ1) is 25.5. The first-order chi connectivity index (χ1) is 19.0. The second kappa shape index (κ2) is 10.8. The number of anilines is 1. The van der Waals surface area contributed by atoms with Crippen molar-refractivity contribution in [3.8, 4) is 0 Å². The molecule has 0 saturated heterocycles. The summed E-state index contributed by atoms with van der Waals surface area (Å²) < 4.78 is 13.9. The van der Waals surface area contributed by atoms with Gasteiger partial charge in [-0.3, -0.25) is 4.79 Å². The minimum Gasteiger partial charge on any atom is -0.351 e. The fourth-order valence-corrected chi connectivity index (χ4v) is 6.62. The maximum Gasteiger partial charge on any atom is 0.255 e. The van der Waals surface area contributed by atoms with Gasteiger partial charge >= 0.3 is 0 Å². The van der Waals surface area contributed by atoms with Crippen molar-refractivity contribution < 1.29 is 9.18 Å². The lowest BCUT2D eigenvalue weighted by Gasteiger charge is -2.31. The minimum atomic E-state index is -0.460. The van der Waals surface area contributed by atoms with E-state index in [9.17, 15) is 9.18 Å². The monoisotopic (exact) mass is 522 g/mol. The summed E-state index contributed by atoms with van der Waals surface area (Å²) in [7, 11) is 0. The molecule has 6 heteroatoms. The summed E-state index contributed by atoms with van der Waals surface area (Å²) in [6, 6.07) is 21.3. The average Bonchev–Trinajstić information content (AvgIpc) is 3.66. The van der Waals surface area contributed by atoms with Crippen molar-refractivity contribution >= 4 is 22.6 Å². The predicted octanol–water partition coefficient (Wildman–Crippen LogP) is 7.47. The van der Waals surface area contributed by atoms with Gasteiger partial charge in [0.25, 0.3) is 5.91 Å². The molecule has 0 spiro atoms. The molecule has 2 aliphatic rings. The molecule has 39 heavy (non-hydrogen) atoms. The molecular weight excluding hydrogens is 487 g/mol. The lowest BCUT2D eigenvalue weighted by molar-refractivity contribution is 0.0937. The Morgan fingerprint density at radius 3 is 2.44 bits per heavy atom. The van der Waals surface area contributed by atoms with Crippen LogP contribution in [0.1, 0.15) is 91.5 Å². The summed E-state index contributed by atoms with van der Waals surface area (Å²) in [5.41, 5.74) is 2.84. The van der Waals surface area contributed by atoms with E-state index in [0.717, 1.165) is 66.1 Å². The number of rotatable bonds is 7. The molecule has 1 aromatic heterocycles. The maximum atomic E-state index is 14.0. The fourth-order valence-electron chi connectivity index (χ4n) is 6.62. The van der Waals surface area contributed by atoms with Crippen molar-refractivity contribution in [3.05, 3.63) is 101 Å². The van der Waals surface area contributed by atoms with E-state index in [1.807, 2.05) is 37.3 Å². The molecule has 6 rings (SSSR count). The van der Waals surface area contributed by atoms with Gasteiger partial charge in [-0.15, -0.1) is 0 Å². The standard InChI is InChI=1S/C33H35FN4O/c1-22(27-14-8-10-23-9-2-5-13-28(23)27)36-31(39)29-21-35-32(37-26-11-3-4-12-26)38-30(29)33(19-6-7-20-33)24-15-17-25(34)18-16-24/h2,5,8-10,13-18,21-22,26H,3-4,6-7,11-12,19-20H2,1H3,(H,36,39)(H,35,37,38). The smallest absolute Gasteiger partial charge is 0.255 e. The number of benzene rings is 3. The summed E-state index contributed by atoms with van der Waals surface area (Å²) in [6.45, 7) is 2.02. The SMILES string of the molecule is CC(NC(=O)c1cnc(NC2CCCC2)nc1C1(c2ccc(F)cc2)CCCC1)c1cccc2ccccc12. The molecule has 0 radical (unpaired) electrons. The van der Waals surface area contributed by atoms with Crippen LogP contribution in [0.15, 0.2) is 72.9 Å². The number of halogens is 1. The Bertz CT molecular complexity index is 1470. The molecule has 2 aliphatic carbocycles. The van der Waals surface area contributed by atoms with E-state index in [-0.39, 0.29) is 17.8 Å². The lowest BCUT2D eigenvalue weighted by atomic mass is 9.74. The Balaban J connectivity index is 1.39. The zero-order valence-electron chi connectivity index (χ0n) is 22.4. The van der Waals surface area contributed by atoms with E-state index in [0.29, 0.717) is 17.6 Å². The van der Waals surface area contributed by atoms with E-state index in [1.54, 1.807) is 6.20 Å². The van der Waals surface area contributed by atoms with E-state index < -0.39 is 5.41 Å². The van der Waals surface area contributed by atoms with Crippen LogP contribution in [0.2, 0.25) is 0 Å². The first-order valence-electron chi connectivity index (χ1n) is 14.2. The Labute approximate surface area is 229 Å². The molecule has 1 amide bonds. The van der Waals surface area contributed by atoms with Crippen LogP contribution in [-0.2, 0) is 5.41 Å². The van der Waals surface area contributed by atoms with Crippen molar-refractivity contribution in [1.82, 2.24) is 15.3 Å². The molecule has 1 heterocycles. The zero-order valence-corrected chi connectivity index (χ0v) is 22.4. The van der Waals surface area contributed by atoms with Crippen molar-refractivity contribution in [3.63, 3.8) is 0 Å². The third-order valence-corrected chi connectivity index (χ3v) is 8.67. The Kier molecular flexibility index (Phi) is 7.03. The largest absolute Gasteiger partial charge is 0.351 e. The second-order valence-electron chi connectivity index (χ2n) is 11.1. The van der Waals surface area contributed by atoms with E-state index in [2.05, 4.69) is 39.9 Å². The number of aromatic nitrogens is 2. The van der Waals surface area contributed by atoms with Gasteiger partial charge in [-0.2, -0.15) is 0 Å². The van der Waals surface area contributed by atoms with Gasteiger partial charge in [-0.25, -0.2) is 14.4 Å². The molecule has 2 N–H and O–H groups in total. The molecule has 2 fully saturated rings. The van der Waals surface area contributed by atoms with Gasteiger partial charge in [-0.05, 0) is 66.6 Å². The maximum absolute atomic E-state index is 14.0. The zero-order chi connectivity index (χ0) is 26.8. The molecule has 200 valence electrons. The molecule has 4 aromatic rings. The van der Waals surface area contributed by atoms with Gasteiger partial charge in [0.2, 0.25) is 5.95 Å².